The average Bonchev–Trinajstić information content (AvgIpc) is 2.88. The molecule has 0 atom stereocenters. The number of aliphatic hydroxyl groups is 1. The number of carbonyl (C=O) groups is 1. The molecule has 2 aliphatic rings. The van der Waals surface area contributed by atoms with Crippen molar-refractivity contribution in [2.75, 3.05) is 50.5 Å². The summed E-state index contributed by atoms with van der Waals surface area (Å²) in [6.45, 7) is 7.46. The van der Waals surface area contributed by atoms with E-state index in [1.54, 1.807) is 6.20 Å². The van der Waals surface area contributed by atoms with Crippen LogP contribution in [0.1, 0.15) is 49.9 Å². The second kappa shape index (κ2) is 11.5. The van der Waals surface area contributed by atoms with Crippen LogP contribution in [-0.4, -0.2) is 83.7 Å². The second-order valence-corrected chi connectivity index (χ2v) is 10.9. The Balaban J connectivity index is 1.38. The molecule has 9 nitrogen and oxygen atoms in total. The number of benzene rings is 1. The number of aromatic nitrogens is 1. The van der Waals surface area contributed by atoms with Crippen LogP contribution in [-0.2, 0) is 0 Å². The summed E-state index contributed by atoms with van der Waals surface area (Å²) in [4.78, 5) is 28.4. The number of amides is 1. The quantitative estimate of drug-likeness (QED) is 0.406. The van der Waals surface area contributed by atoms with Crippen LogP contribution in [0.15, 0.2) is 47.6 Å². The molecular weight excluding hydrogens is 466 g/mol. The van der Waals surface area contributed by atoms with E-state index in [2.05, 4.69) is 32.1 Å². The van der Waals surface area contributed by atoms with Crippen molar-refractivity contribution < 1.29 is 9.90 Å². The van der Waals surface area contributed by atoms with Crippen molar-refractivity contribution in [2.24, 2.45) is 16.6 Å². The summed E-state index contributed by atoms with van der Waals surface area (Å²) in [7, 11) is 4.02. The normalized spacial score (nSPS) is 18.6. The Labute approximate surface area is 220 Å². The van der Waals surface area contributed by atoms with Gasteiger partial charge in [-0.05, 0) is 102 Å². The van der Waals surface area contributed by atoms with Crippen LogP contribution in [0.4, 0.5) is 17.2 Å². The third kappa shape index (κ3) is 6.78. The van der Waals surface area contributed by atoms with Crippen LogP contribution in [0.5, 0.6) is 0 Å². The number of piperidine rings is 2. The van der Waals surface area contributed by atoms with E-state index in [0.717, 1.165) is 63.2 Å². The molecule has 4 N–H and O–H groups in total. The van der Waals surface area contributed by atoms with Crippen LogP contribution in [0.2, 0.25) is 0 Å². The van der Waals surface area contributed by atoms with E-state index >= 15 is 0 Å². The number of hydrogen-bond donors (Lipinski definition) is 3. The SMILES string of the molecule is CN1CCC(N(C)C(=O)c2ccc(N/C(N)=N/c3ncccc3N3CCC(C(C)(C)O)CC3)cc2)CC1. The molecule has 37 heavy (non-hydrogen) atoms. The predicted octanol–water partition coefficient (Wildman–Crippen LogP) is 3.29. The highest BCUT2D eigenvalue weighted by atomic mass is 16.3. The maximum atomic E-state index is 13.0. The van der Waals surface area contributed by atoms with Crippen molar-refractivity contribution in [3.8, 4) is 0 Å². The molecule has 1 aromatic carbocycles. The number of anilines is 2. The molecule has 0 bridgehead atoms. The number of pyridine rings is 1. The van der Waals surface area contributed by atoms with Crippen LogP contribution in [0.3, 0.4) is 0 Å². The van der Waals surface area contributed by atoms with E-state index in [1.807, 2.05) is 62.2 Å². The molecule has 3 heterocycles. The summed E-state index contributed by atoms with van der Waals surface area (Å²) in [5.41, 5.74) is 7.91. The summed E-state index contributed by atoms with van der Waals surface area (Å²) in [5, 5.41) is 13.5. The first-order valence-electron chi connectivity index (χ1n) is 13.2. The van der Waals surface area contributed by atoms with Gasteiger partial charge >= 0.3 is 0 Å². The molecule has 4 rings (SSSR count). The molecule has 1 aromatic heterocycles. The number of nitrogens with one attached hydrogen (secondary N) is 1. The molecule has 1 amide bonds. The minimum atomic E-state index is -0.668. The number of hydrogen-bond acceptors (Lipinski definition) is 6. The zero-order chi connectivity index (χ0) is 26.6. The van der Waals surface area contributed by atoms with Gasteiger partial charge in [-0.2, -0.15) is 4.99 Å². The average molecular weight is 508 g/mol. The molecule has 2 aromatic rings. The first kappa shape index (κ1) is 26.9. The number of aliphatic imine (C=N–C) groups is 1. The molecule has 0 radical (unpaired) electrons. The van der Waals surface area contributed by atoms with Crippen molar-refractivity contribution in [1.29, 1.82) is 0 Å². The van der Waals surface area contributed by atoms with Crippen molar-refractivity contribution in [3.63, 3.8) is 0 Å². The number of likely N-dealkylation sites (tertiary alicyclic amines) is 1. The predicted molar refractivity (Wildman–Crippen MR) is 149 cm³/mol. The topological polar surface area (TPSA) is 110 Å². The Morgan fingerprint density at radius 3 is 2.38 bits per heavy atom. The number of carbonyl (C=O) groups excluding carboxylic acids is 1. The van der Waals surface area contributed by atoms with Gasteiger partial charge < -0.3 is 30.9 Å². The number of nitrogens with zero attached hydrogens (tertiary/aromatic N) is 5. The van der Waals surface area contributed by atoms with E-state index in [4.69, 9.17) is 5.73 Å². The van der Waals surface area contributed by atoms with Gasteiger partial charge in [0.05, 0.1) is 11.3 Å². The lowest BCUT2D eigenvalue weighted by Gasteiger charge is -2.38. The summed E-state index contributed by atoms with van der Waals surface area (Å²) >= 11 is 0. The maximum absolute atomic E-state index is 13.0. The van der Waals surface area contributed by atoms with Crippen LogP contribution in [0, 0.1) is 5.92 Å². The van der Waals surface area contributed by atoms with E-state index < -0.39 is 5.60 Å². The third-order valence-corrected chi connectivity index (χ3v) is 7.79. The molecule has 0 unspecified atom stereocenters. The number of nitrogens with two attached hydrogens (primary N) is 1. The van der Waals surface area contributed by atoms with Gasteiger partial charge in [0, 0.05) is 43.6 Å². The Bertz CT molecular complexity index is 1080. The lowest BCUT2D eigenvalue weighted by Crippen LogP contribution is -2.44. The number of guanidine groups is 1. The first-order chi connectivity index (χ1) is 17.6. The highest BCUT2D eigenvalue weighted by Gasteiger charge is 2.31. The zero-order valence-corrected chi connectivity index (χ0v) is 22.5. The van der Waals surface area contributed by atoms with Gasteiger partial charge in [-0.3, -0.25) is 4.79 Å². The maximum Gasteiger partial charge on any atom is 0.253 e. The molecule has 0 aliphatic carbocycles. The van der Waals surface area contributed by atoms with Crippen LogP contribution >= 0.6 is 0 Å². The summed E-state index contributed by atoms with van der Waals surface area (Å²) in [5.74, 6) is 1.10. The molecule has 2 fully saturated rings. The molecule has 200 valence electrons. The van der Waals surface area contributed by atoms with Gasteiger partial charge in [-0.1, -0.05) is 0 Å². The minimum Gasteiger partial charge on any atom is -0.390 e. The van der Waals surface area contributed by atoms with Crippen LogP contribution in [0.25, 0.3) is 0 Å². The Kier molecular flexibility index (Phi) is 8.34. The van der Waals surface area contributed by atoms with Gasteiger partial charge in [0.2, 0.25) is 0 Å². The highest BCUT2D eigenvalue weighted by Crippen LogP contribution is 2.33. The van der Waals surface area contributed by atoms with E-state index in [0.29, 0.717) is 11.4 Å². The minimum absolute atomic E-state index is 0.0363. The number of rotatable bonds is 6. The fraction of sp³-hybridized carbons (Fsp3) is 0.536. The molecule has 2 aliphatic heterocycles. The standard InChI is InChI=1S/C28H41N7O2/c1-28(2,37)21-11-18-35(19-12-21)24-6-5-15-30-25(24)32-27(29)31-22-9-7-20(8-10-22)26(36)34(4)23-13-16-33(3)17-14-23/h5-10,15,21,23,37H,11-14,16-19H2,1-4H3,(H3,29,30,31,32). The molecule has 0 spiro atoms. The van der Waals surface area contributed by atoms with Gasteiger partial charge in [0.15, 0.2) is 11.8 Å². The lowest BCUT2D eigenvalue weighted by atomic mass is 9.83. The summed E-state index contributed by atoms with van der Waals surface area (Å²) < 4.78 is 0. The van der Waals surface area contributed by atoms with Gasteiger partial charge in [0.1, 0.15) is 0 Å². The van der Waals surface area contributed by atoms with Crippen LogP contribution < -0.4 is 16.0 Å². The smallest absolute Gasteiger partial charge is 0.253 e. The Morgan fingerprint density at radius 2 is 1.76 bits per heavy atom. The second-order valence-electron chi connectivity index (χ2n) is 10.9. The van der Waals surface area contributed by atoms with Crippen molar-refractivity contribution in [2.45, 2.75) is 51.2 Å². The Hall–Kier alpha value is -3.17. The van der Waals surface area contributed by atoms with Crippen molar-refractivity contribution in [3.05, 3.63) is 48.2 Å². The lowest BCUT2D eigenvalue weighted by molar-refractivity contribution is 0.00652. The molecular formula is C28H41N7O2. The summed E-state index contributed by atoms with van der Waals surface area (Å²) in [6, 6.07) is 11.5. The fourth-order valence-electron chi connectivity index (χ4n) is 5.29. The Morgan fingerprint density at radius 1 is 1.11 bits per heavy atom. The van der Waals surface area contributed by atoms with Crippen molar-refractivity contribution >= 4 is 29.1 Å². The van der Waals surface area contributed by atoms with E-state index in [1.165, 1.54) is 0 Å². The van der Waals surface area contributed by atoms with Gasteiger partial charge in [0.25, 0.3) is 5.91 Å². The first-order valence-corrected chi connectivity index (χ1v) is 13.2. The zero-order valence-electron chi connectivity index (χ0n) is 22.5. The van der Waals surface area contributed by atoms with Gasteiger partial charge in [-0.15, -0.1) is 0 Å². The molecule has 0 saturated carbocycles. The highest BCUT2D eigenvalue weighted by molar-refractivity contribution is 5.97. The largest absolute Gasteiger partial charge is 0.390 e. The van der Waals surface area contributed by atoms with E-state index in [9.17, 15) is 9.90 Å². The monoisotopic (exact) mass is 507 g/mol. The van der Waals surface area contributed by atoms with Crippen molar-refractivity contribution in [1.82, 2.24) is 14.8 Å². The third-order valence-electron chi connectivity index (χ3n) is 7.79. The molecule has 2 saturated heterocycles. The summed E-state index contributed by atoms with van der Waals surface area (Å²) in [6.07, 6.45) is 5.53. The van der Waals surface area contributed by atoms with Gasteiger partial charge in [-0.25, -0.2) is 4.98 Å². The fourth-order valence-corrected chi connectivity index (χ4v) is 5.29. The molecule has 9 heteroatoms. The van der Waals surface area contributed by atoms with E-state index in [-0.39, 0.29) is 23.8 Å².